The number of rotatable bonds is 5. The number of nitrogens with zero attached hydrogens (tertiary/aromatic N) is 4. The van der Waals surface area contributed by atoms with Gasteiger partial charge in [-0.2, -0.15) is 0 Å². The molecular formula is C16H20N4O2. The molecule has 2 aromatic heterocycles. The van der Waals surface area contributed by atoms with Gasteiger partial charge in [0.2, 0.25) is 5.91 Å². The Morgan fingerprint density at radius 1 is 1.45 bits per heavy atom. The Bertz CT molecular complexity index is 600. The van der Waals surface area contributed by atoms with Crippen LogP contribution in [0.3, 0.4) is 0 Å². The zero-order chi connectivity index (χ0) is 15.4. The molecular weight excluding hydrogens is 280 g/mol. The van der Waals surface area contributed by atoms with Gasteiger partial charge in [-0.05, 0) is 31.2 Å². The number of carbonyl (C=O) groups excluding carboxylic acids is 1. The zero-order valence-corrected chi connectivity index (χ0v) is 12.7. The van der Waals surface area contributed by atoms with E-state index in [-0.39, 0.29) is 5.91 Å². The maximum Gasteiger partial charge on any atom is 0.227 e. The summed E-state index contributed by atoms with van der Waals surface area (Å²) in [5, 5.41) is 0. The minimum Gasteiger partial charge on any atom is -0.472 e. The molecule has 0 N–H and O–H groups in total. The highest BCUT2D eigenvalue weighted by molar-refractivity contribution is 5.79. The van der Waals surface area contributed by atoms with Crippen molar-refractivity contribution < 1.29 is 9.21 Å². The monoisotopic (exact) mass is 300 g/mol. The van der Waals surface area contributed by atoms with Crippen LogP contribution in [0.2, 0.25) is 0 Å². The Morgan fingerprint density at radius 3 is 3.00 bits per heavy atom. The van der Waals surface area contributed by atoms with Crippen LogP contribution in [-0.2, 0) is 17.8 Å². The molecule has 0 aliphatic carbocycles. The van der Waals surface area contributed by atoms with Crippen LogP contribution in [0.1, 0.15) is 17.8 Å². The highest BCUT2D eigenvalue weighted by Gasteiger charge is 2.29. The summed E-state index contributed by atoms with van der Waals surface area (Å²) in [5.41, 5.74) is 0.930. The summed E-state index contributed by atoms with van der Waals surface area (Å²) < 4.78 is 5.01. The molecule has 0 spiro atoms. The van der Waals surface area contributed by atoms with Crippen molar-refractivity contribution in [3.8, 4) is 0 Å². The number of amides is 1. The Hall–Kier alpha value is -2.21. The minimum atomic E-state index is 0.160. The molecule has 0 saturated carbocycles. The molecule has 1 amide bonds. The van der Waals surface area contributed by atoms with Gasteiger partial charge in [-0.3, -0.25) is 9.69 Å². The largest absolute Gasteiger partial charge is 0.472 e. The molecule has 1 saturated heterocycles. The van der Waals surface area contributed by atoms with E-state index in [9.17, 15) is 4.79 Å². The third kappa shape index (κ3) is 3.51. The highest BCUT2D eigenvalue weighted by Crippen LogP contribution is 2.17. The molecule has 0 bridgehead atoms. The van der Waals surface area contributed by atoms with E-state index in [1.165, 1.54) is 0 Å². The van der Waals surface area contributed by atoms with E-state index in [0.29, 0.717) is 19.0 Å². The molecule has 22 heavy (non-hydrogen) atoms. The topological polar surface area (TPSA) is 62.5 Å². The van der Waals surface area contributed by atoms with Crippen LogP contribution in [0.15, 0.2) is 41.5 Å². The fraction of sp³-hybridized carbons (Fsp3) is 0.438. The van der Waals surface area contributed by atoms with Crippen LogP contribution < -0.4 is 0 Å². The summed E-state index contributed by atoms with van der Waals surface area (Å²) in [6.07, 6.45) is 8.14. The van der Waals surface area contributed by atoms with Gasteiger partial charge in [0.05, 0.1) is 25.5 Å². The number of carbonyl (C=O) groups is 1. The SMILES string of the molecule is CN(Cc1ncccn1)C1CCN(C(=O)Cc2ccoc2)C1. The van der Waals surface area contributed by atoms with E-state index in [1.807, 2.05) is 17.0 Å². The molecule has 0 aromatic carbocycles. The van der Waals surface area contributed by atoms with Gasteiger partial charge in [-0.15, -0.1) is 0 Å². The fourth-order valence-corrected chi connectivity index (χ4v) is 2.77. The second kappa shape index (κ2) is 6.70. The van der Waals surface area contributed by atoms with Crippen molar-refractivity contribution >= 4 is 5.91 Å². The Balaban J connectivity index is 1.52. The lowest BCUT2D eigenvalue weighted by molar-refractivity contribution is -0.129. The summed E-state index contributed by atoms with van der Waals surface area (Å²) in [6.45, 7) is 2.27. The van der Waals surface area contributed by atoms with Crippen molar-refractivity contribution in [1.29, 1.82) is 0 Å². The van der Waals surface area contributed by atoms with Gasteiger partial charge >= 0.3 is 0 Å². The average Bonchev–Trinajstić information content (AvgIpc) is 3.19. The summed E-state index contributed by atoms with van der Waals surface area (Å²) in [4.78, 5) is 24.9. The van der Waals surface area contributed by atoms with E-state index in [0.717, 1.165) is 30.9 Å². The second-order valence-electron chi connectivity index (χ2n) is 5.67. The molecule has 116 valence electrons. The van der Waals surface area contributed by atoms with Gasteiger partial charge in [0.15, 0.2) is 0 Å². The van der Waals surface area contributed by atoms with Crippen molar-refractivity contribution in [2.45, 2.75) is 25.4 Å². The van der Waals surface area contributed by atoms with Gasteiger partial charge in [-0.1, -0.05) is 0 Å². The first-order valence-electron chi connectivity index (χ1n) is 7.47. The summed E-state index contributed by atoms with van der Waals surface area (Å²) in [6, 6.07) is 4.01. The molecule has 1 aliphatic rings. The molecule has 1 unspecified atom stereocenters. The molecule has 6 heteroatoms. The van der Waals surface area contributed by atoms with Crippen LogP contribution in [0.4, 0.5) is 0 Å². The number of aromatic nitrogens is 2. The van der Waals surface area contributed by atoms with Crippen molar-refractivity contribution in [3.05, 3.63) is 48.4 Å². The molecule has 2 aromatic rings. The molecule has 0 radical (unpaired) electrons. The first-order valence-corrected chi connectivity index (χ1v) is 7.47. The van der Waals surface area contributed by atoms with Crippen molar-refractivity contribution in [2.24, 2.45) is 0 Å². The Morgan fingerprint density at radius 2 is 2.27 bits per heavy atom. The van der Waals surface area contributed by atoms with Crippen LogP contribution >= 0.6 is 0 Å². The van der Waals surface area contributed by atoms with Crippen LogP contribution in [0.5, 0.6) is 0 Å². The molecule has 1 fully saturated rings. The Kier molecular flexibility index (Phi) is 4.48. The number of hydrogen-bond donors (Lipinski definition) is 0. The molecule has 3 rings (SSSR count). The first-order chi connectivity index (χ1) is 10.7. The zero-order valence-electron chi connectivity index (χ0n) is 12.7. The van der Waals surface area contributed by atoms with Crippen LogP contribution in [0.25, 0.3) is 0 Å². The lowest BCUT2D eigenvalue weighted by atomic mass is 10.2. The lowest BCUT2D eigenvalue weighted by Gasteiger charge is -2.23. The summed E-state index contributed by atoms with van der Waals surface area (Å²) in [7, 11) is 2.06. The van der Waals surface area contributed by atoms with Crippen molar-refractivity contribution in [3.63, 3.8) is 0 Å². The quantitative estimate of drug-likeness (QED) is 0.834. The lowest BCUT2D eigenvalue weighted by Crippen LogP contribution is -2.37. The van der Waals surface area contributed by atoms with Crippen LogP contribution in [0, 0.1) is 0 Å². The molecule has 6 nitrogen and oxygen atoms in total. The standard InChI is InChI=1S/C16H20N4O2/c1-19(11-15-17-5-2-6-18-15)14-3-7-20(10-14)16(21)9-13-4-8-22-12-13/h2,4-6,8,12,14H,3,7,9-11H2,1H3. The highest BCUT2D eigenvalue weighted by atomic mass is 16.3. The van der Waals surface area contributed by atoms with E-state index in [4.69, 9.17) is 4.42 Å². The first kappa shape index (κ1) is 14.7. The number of hydrogen-bond acceptors (Lipinski definition) is 5. The van der Waals surface area contributed by atoms with E-state index >= 15 is 0 Å². The number of furan rings is 1. The van der Waals surface area contributed by atoms with Gasteiger partial charge in [0.25, 0.3) is 0 Å². The fourth-order valence-electron chi connectivity index (χ4n) is 2.77. The van der Waals surface area contributed by atoms with Crippen molar-refractivity contribution in [2.75, 3.05) is 20.1 Å². The van der Waals surface area contributed by atoms with E-state index in [1.54, 1.807) is 24.9 Å². The maximum atomic E-state index is 12.3. The smallest absolute Gasteiger partial charge is 0.227 e. The summed E-state index contributed by atoms with van der Waals surface area (Å²) in [5.74, 6) is 0.974. The average molecular weight is 300 g/mol. The van der Waals surface area contributed by atoms with Gasteiger partial charge in [-0.25, -0.2) is 9.97 Å². The molecule has 1 atom stereocenters. The predicted molar refractivity (Wildman–Crippen MR) is 80.9 cm³/mol. The van der Waals surface area contributed by atoms with Gasteiger partial charge in [0.1, 0.15) is 5.82 Å². The summed E-state index contributed by atoms with van der Waals surface area (Å²) >= 11 is 0. The number of likely N-dealkylation sites (tertiary alicyclic amines) is 1. The Labute approximate surface area is 129 Å². The number of likely N-dealkylation sites (N-methyl/N-ethyl adjacent to an activating group) is 1. The molecule has 1 aliphatic heterocycles. The third-order valence-corrected chi connectivity index (χ3v) is 4.08. The second-order valence-corrected chi connectivity index (χ2v) is 5.67. The normalized spacial score (nSPS) is 18.1. The minimum absolute atomic E-state index is 0.160. The van der Waals surface area contributed by atoms with E-state index < -0.39 is 0 Å². The van der Waals surface area contributed by atoms with Crippen LogP contribution in [-0.4, -0.2) is 51.9 Å². The van der Waals surface area contributed by atoms with Gasteiger partial charge < -0.3 is 9.32 Å². The van der Waals surface area contributed by atoms with Crippen molar-refractivity contribution in [1.82, 2.24) is 19.8 Å². The van der Waals surface area contributed by atoms with Gasteiger partial charge in [0, 0.05) is 31.5 Å². The predicted octanol–water partition coefficient (Wildman–Crippen LogP) is 1.34. The molecule has 3 heterocycles. The maximum absolute atomic E-state index is 12.3. The third-order valence-electron chi connectivity index (χ3n) is 4.08. The van der Waals surface area contributed by atoms with E-state index in [2.05, 4.69) is 21.9 Å².